The van der Waals surface area contributed by atoms with E-state index in [-0.39, 0.29) is 36.4 Å². The van der Waals surface area contributed by atoms with Crippen LogP contribution in [0, 0.1) is 13.8 Å². The van der Waals surface area contributed by atoms with Crippen LogP contribution in [0.4, 0.5) is 11.4 Å². The first kappa shape index (κ1) is 19.9. The number of aromatic nitrogens is 2. The second-order valence-electron chi connectivity index (χ2n) is 6.90. The number of phenolic OH excluding ortho intramolecular Hbond substituents is 2. The highest BCUT2D eigenvalue weighted by Gasteiger charge is 2.14. The number of carbonyl (C=O) groups is 2. The molecule has 3 rings (SSSR count). The molecular weight excluding hydrogens is 372 g/mol. The second-order valence-corrected chi connectivity index (χ2v) is 6.90. The molecule has 4 N–H and O–H groups in total. The molecule has 0 aliphatic rings. The molecule has 0 aliphatic carbocycles. The first-order chi connectivity index (χ1) is 13.8. The van der Waals surface area contributed by atoms with Crippen LogP contribution in [0.25, 0.3) is 0 Å². The molecule has 2 amide bonds. The summed E-state index contributed by atoms with van der Waals surface area (Å²) < 4.78 is 3.24. The lowest BCUT2D eigenvalue weighted by atomic mass is 10.2. The fraction of sp³-hybridized carbons (Fsp3) is 0.190. The van der Waals surface area contributed by atoms with Gasteiger partial charge in [0.2, 0.25) is 6.33 Å². The van der Waals surface area contributed by atoms with Gasteiger partial charge in [0, 0.05) is 0 Å². The van der Waals surface area contributed by atoms with Crippen LogP contribution in [0.5, 0.6) is 11.5 Å². The minimum atomic E-state index is -0.305. The van der Waals surface area contributed by atoms with Gasteiger partial charge in [-0.25, -0.2) is 9.13 Å². The molecule has 0 radical (unpaired) electrons. The molecule has 3 aromatic rings. The van der Waals surface area contributed by atoms with Gasteiger partial charge in [-0.05, 0) is 49.2 Å². The van der Waals surface area contributed by atoms with Crippen molar-refractivity contribution in [1.82, 2.24) is 4.57 Å². The number of nitrogens with one attached hydrogen (secondary N) is 2. The van der Waals surface area contributed by atoms with Crippen LogP contribution < -0.4 is 15.2 Å². The third kappa shape index (κ3) is 5.35. The standard InChI is InChI=1S/C21H22N4O4/c1-14-3-5-16(18(26)9-14)22-20(28)11-24-7-8-25(13-24)12-21(29)23-17-6-4-15(2)10-19(17)27/h3-10,13H,11-12H2,1-2H3,(H3-,22,23,26,27,28,29)/p+1. The van der Waals surface area contributed by atoms with Gasteiger partial charge in [-0.1, -0.05) is 12.1 Å². The summed E-state index contributed by atoms with van der Waals surface area (Å²) in [6.45, 7) is 3.75. The third-order valence-electron chi connectivity index (χ3n) is 4.25. The van der Waals surface area contributed by atoms with Gasteiger partial charge in [-0.3, -0.25) is 9.59 Å². The van der Waals surface area contributed by atoms with Gasteiger partial charge in [0.05, 0.1) is 11.4 Å². The van der Waals surface area contributed by atoms with E-state index >= 15 is 0 Å². The monoisotopic (exact) mass is 395 g/mol. The Labute approximate surface area is 168 Å². The summed E-state index contributed by atoms with van der Waals surface area (Å²) in [7, 11) is 0. The number of hydrogen-bond donors (Lipinski definition) is 4. The van der Waals surface area contributed by atoms with E-state index in [1.165, 1.54) is 0 Å². The number of hydrogen-bond acceptors (Lipinski definition) is 4. The number of rotatable bonds is 6. The molecule has 0 saturated carbocycles. The SMILES string of the molecule is Cc1ccc(NC(=O)Cn2cc[n+](CC(=O)Nc3ccc(C)cc3O)c2)c(O)c1. The molecule has 1 aromatic heterocycles. The van der Waals surface area contributed by atoms with E-state index in [9.17, 15) is 19.8 Å². The Bertz CT molecular complexity index is 977. The number of benzene rings is 2. The van der Waals surface area contributed by atoms with E-state index in [0.717, 1.165) is 11.1 Å². The number of amides is 2. The molecule has 0 atom stereocenters. The molecule has 2 aromatic carbocycles. The van der Waals surface area contributed by atoms with Gasteiger partial charge in [-0.2, -0.15) is 0 Å². The quantitative estimate of drug-likeness (QED) is 0.379. The number of anilines is 2. The van der Waals surface area contributed by atoms with E-state index in [2.05, 4.69) is 10.6 Å². The largest absolute Gasteiger partial charge is 0.506 e. The Hall–Kier alpha value is -3.81. The van der Waals surface area contributed by atoms with Crippen molar-refractivity contribution in [3.8, 4) is 11.5 Å². The van der Waals surface area contributed by atoms with Gasteiger partial charge < -0.3 is 20.8 Å². The lowest BCUT2D eigenvalue weighted by Crippen LogP contribution is -2.38. The number of aromatic hydroxyl groups is 2. The van der Waals surface area contributed by atoms with Crippen LogP contribution in [0.1, 0.15) is 11.1 Å². The molecule has 1 heterocycles. The average molecular weight is 395 g/mol. The predicted octanol–water partition coefficient (Wildman–Crippen LogP) is 2.08. The number of nitrogens with zero attached hydrogens (tertiary/aromatic N) is 2. The Kier molecular flexibility index (Phi) is 5.82. The lowest BCUT2D eigenvalue weighted by Gasteiger charge is -2.07. The highest BCUT2D eigenvalue weighted by atomic mass is 16.3. The second kappa shape index (κ2) is 8.47. The van der Waals surface area contributed by atoms with Crippen LogP contribution in [0.15, 0.2) is 55.1 Å². The van der Waals surface area contributed by atoms with Crippen LogP contribution in [0.2, 0.25) is 0 Å². The maximum Gasteiger partial charge on any atom is 0.266 e. The van der Waals surface area contributed by atoms with Crippen molar-refractivity contribution in [2.45, 2.75) is 26.9 Å². The fourth-order valence-electron chi connectivity index (χ4n) is 2.83. The number of aryl methyl sites for hydroxylation is 2. The van der Waals surface area contributed by atoms with Crippen molar-refractivity contribution in [3.63, 3.8) is 0 Å². The van der Waals surface area contributed by atoms with Crippen LogP contribution in [-0.2, 0) is 22.7 Å². The van der Waals surface area contributed by atoms with Crippen molar-refractivity contribution in [2.24, 2.45) is 0 Å². The summed E-state index contributed by atoms with van der Waals surface area (Å²) in [6.07, 6.45) is 4.97. The van der Waals surface area contributed by atoms with Crippen molar-refractivity contribution in [3.05, 3.63) is 66.2 Å². The zero-order valence-corrected chi connectivity index (χ0v) is 16.2. The van der Waals surface area contributed by atoms with Gasteiger partial charge in [0.25, 0.3) is 11.8 Å². The van der Waals surface area contributed by atoms with E-state index in [1.54, 1.807) is 64.3 Å². The van der Waals surface area contributed by atoms with E-state index in [0.29, 0.717) is 11.4 Å². The smallest absolute Gasteiger partial charge is 0.266 e. The number of phenols is 2. The number of carbonyl (C=O) groups excluding carboxylic acids is 2. The fourth-order valence-corrected chi connectivity index (χ4v) is 2.83. The molecule has 8 nitrogen and oxygen atoms in total. The summed E-state index contributed by atoms with van der Waals surface area (Å²) in [5.74, 6) is -0.587. The van der Waals surface area contributed by atoms with Crippen molar-refractivity contribution in [2.75, 3.05) is 10.6 Å². The first-order valence-electron chi connectivity index (χ1n) is 9.04. The number of imidazole rings is 1. The molecule has 150 valence electrons. The first-order valence-corrected chi connectivity index (χ1v) is 9.04. The molecule has 0 aliphatic heterocycles. The van der Waals surface area contributed by atoms with E-state index in [1.807, 2.05) is 13.8 Å². The molecule has 0 spiro atoms. The molecule has 0 bridgehead atoms. The van der Waals surface area contributed by atoms with Crippen LogP contribution in [0.3, 0.4) is 0 Å². The lowest BCUT2D eigenvalue weighted by molar-refractivity contribution is -0.683. The predicted molar refractivity (Wildman–Crippen MR) is 108 cm³/mol. The molecule has 0 unspecified atom stereocenters. The summed E-state index contributed by atoms with van der Waals surface area (Å²) in [5.41, 5.74) is 2.48. The van der Waals surface area contributed by atoms with Crippen molar-refractivity contribution in [1.29, 1.82) is 0 Å². The van der Waals surface area contributed by atoms with Crippen molar-refractivity contribution < 1.29 is 24.4 Å². The Morgan fingerprint density at radius 2 is 1.48 bits per heavy atom. The molecular formula is C21H23N4O4+. The Morgan fingerprint density at radius 3 is 2.03 bits per heavy atom. The van der Waals surface area contributed by atoms with Crippen LogP contribution >= 0.6 is 0 Å². The normalized spacial score (nSPS) is 10.6. The molecule has 0 fully saturated rings. The summed E-state index contributed by atoms with van der Waals surface area (Å²) in [5, 5.41) is 25.1. The summed E-state index contributed by atoms with van der Waals surface area (Å²) in [6, 6.07) is 10.0. The van der Waals surface area contributed by atoms with Gasteiger partial charge in [0.15, 0.2) is 13.1 Å². The minimum absolute atomic E-state index is 0.0111. The summed E-state index contributed by atoms with van der Waals surface area (Å²) >= 11 is 0. The van der Waals surface area contributed by atoms with Gasteiger partial charge >= 0.3 is 0 Å². The maximum absolute atomic E-state index is 12.2. The molecule has 0 saturated heterocycles. The van der Waals surface area contributed by atoms with Crippen LogP contribution in [-0.4, -0.2) is 26.6 Å². The zero-order chi connectivity index (χ0) is 21.0. The Balaban J connectivity index is 1.56. The van der Waals surface area contributed by atoms with E-state index < -0.39 is 0 Å². The zero-order valence-electron chi connectivity index (χ0n) is 16.2. The molecule has 29 heavy (non-hydrogen) atoms. The van der Waals surface area contributed by atoms with Crippen molar-refractivity contribution >= 4 is 23.2 Å². The Morgan fingerprint density at radius 1 is 0.931 bits per heavy atom. The van der Waals surface area contributed by atoms with Gasteiger partial charge in [-0.15, -0.1) is 0 Å². The highest BCUT2D eigenvalue weighted by Crippen LogP contribution is 2.24. The maximum atomic E-state index is 12.2. The van der Waals surface area contributed by atoms with Gasteiger partial charge in [0.1, 0.15) is 23.9 Å². The van der Waals surface area contributed by atoms with E-state index in [4.69, 9.17) is 0 Å². The topological polar surface area (TPSA) is 107 Å². The summed E-state index contributed by atoms with van der Waals surface area (Å²) in [4.78, 5) is 24.4. The minimum Gasteiger partial charge on any atom is -0.506 e. The average Bonchev–Trinajstić information content (AvgIpc) is 3.06. The molecule has 8 heteroatoms. The highest BCUT2D eigenvalue weighted by molar-refractivity contribution is 5.92. The third-order valence-corrected chi connectivity index (χ3v) is 4.25.